The average Bonchev–Trinajstić information content (AvgIpc) is 3.44. The summed E-state index contributed by atoms with van der Waals surface area (Å²) in [4.78, 5) is 13.6. The van der Waals surface area contributed by atoms with E-state index >= 15 is 0 Å². The van der Waals surface area contributed by atoms with Gasteiger partial charge in [0, 0.05) is 55.6 Å². The molecule has 0 spiro atoms. The van der Waals surface area contributed by atoms with E-state index in [0.29, 0.717) is 17.5 Å². The zero-order valence-electron chi connectivity index (χ0n) is 20.8. The number of nitrogens with zero attached hydrogens (tertiary/aromatic N) is 5. The molecule has 7 nitrogen and oxygen atoms in total. The molecule has 3 aromatic heterocycles. The third kappa shape index (κ3) is 4.67. The van der Waals surface area contributed by atoms with Gasteiger partial charge < -0.3 is 19.3 Å². The number of benzene rings is 1. The monoisotopic (exact) mass is 469 g/mol. The third-order valence-electron chi connectivity index (χ3n) is 5.93. The molecule has 0 fully saturated rings. The Labute approximate surface area is 206 Å². The zero-order chi connectivity index (χ0) is 24.5. The van der Waals surface area contributed by atoms with Gasteiger partial charge in [0.1, 0.15) is 17.1 Å². The maximum absolute atomic E-state index is 6.34. The van der Waals surface area contributed by atoms with Gasteiger partial charge in [0.25, 0.3) is 0 Å². The number of ether oxygens (including phenoxy) is 2. The molecule has 0 saturated heterocycles. The topological polar surface area (TPSA) is 55.1 Å². The summed E-state index contributed by atoms with van der Waals surface area (Å²) >= 11 is 0. The van der Waals surface area contributed by atoms with Gasteiger partial charge in [-0.2, -0.15) is 0 Å². The molecule has 1 aliphatic rings. The Morgan fingerprint density at radius 2 is 1.71 bits per heavy atom. The molecule has 0 saturated carbocycles. The predicted molar refractivity (Wildman–Crippen MR) is 138 cm³/mol. The van der Waals surface area contributed by atoms with Gasteiger partial charge in [-0.05, 0) is 30.0 Å². The lowest BCUT2D eigenvalue weighted by Crippen LogP contribution is -2.21. The first-order valence-electron chi connectivity index (χ1n) is 12.0. The summed E-state index contributed by atoms with van der Waals surface area (Å²) in [5.74, 6) is 3.10. The van der Waals surface area contributed by atoms with E-state index < -0.39 is 0 Å². The second kappa shape index (κ2) is 9.33. The molecule has 4 heterocycles. The van der Waals surface area contributed by atoms with Crippen molar-refractivity contribution in [3.63, 3.8) is 0 Å². The smallest absolute Gasteiger partial charge is 0.221 e. The highest BCUT2D eigenvalue weighted by Gasteiger charge is 2.22. The molecule has 5 rings (SSSR count). The van der Waals surface area contributed by atoms with E-state index in [1.54, 1.807) is 6.20 Å². The first kappa shape index (κ1) is 22.8. The molecule has 0 aliphatic carbocycles. The van der Waals surface area contributed by atoms with Crippen LogP contribution < -0.4 is 14.4 Å². The van der Waals surface area contributed by atoms with Gasteiger partial charge in [0.15, 0.2) is 0 Å². The van der Waals surface area contributed by atoms with Crippen molar-refractivity contribution in [2.45, 2.75) is 39.5 Å². The van der Waals surface area contributed by atoms with Crippen LogP contribution in [-0.4, -0.2) is 33.0 Å². The van der Waals surface area contributed by atoms with Crippen molar-refractivity contribution >= 4 is 11.3 Å². The summed E-state index contributed by atoms with van der Waals surface area (Å²) in [7, 11) is 2.05. The first-order chi connectivity index (χ1) is 16.9. The number of hydrogen-bond donors (Lipinski definition) is 0. The summed E-state index contributed by atoms with van der Waals surface area (Å²) < 4.78 is 14.7. The van der Waals surface area contributed by atoms with E-state index in [4.69, 9.17) is 14.5 Å². The first-order valence-corrected chi connectivity index (χ1v) is 12.0. The predicted octanol–water partition coefficient (Wildman–Crippen LogP) is 6.74. The van der Waals surface area contributed by atoms with Gasteiger partial charge in [0.05, 0.1) is 18.1 Å². The van der Waals surface area contributed by atoms with Crippen LogP contribution in [0.25, 0.3) is 5.65 Å². The molecule has 0 atom stereocenters. The molecule has 35 heavy (non-hydrogen) atoms. The zero-order valence-corrected chi connectivity index (χ0v) is 20.8. The van der Waals surface area contributed by atoms with Crippen molar-refractivity contribution in [3.05, 3.63) is 84.6 Å². The molecule has 1 aromatic carbocycles. The van der Waals surface area contributed by atoms with Gasteiger partial charge >= 0.3 is 0 Å². The van der Waals surface area contributed by atoms with Crippen molar-refractivity contribution in [1.29, 1.82) is 0 Å². The van der Waals surface area contributed by atoms with Crippen LogP contribution in [-0.2, 0) is 0 Å². The molecular formula is C28H31N5O2. The summed E-state index contributed by atoms with van der Waals surface area (Å²) in [6, 6.07) is 17.6. The van der Waals surface area contributed by atoms with Crippen LogP contribution >= 0.6 is 0 Å². The third-order valence-corrected chi connectivity index (χ3v) is 5.93. The maximum Gasteiger partial charge on any atom is 0.221 e. The second-order valence-corrected chi connectivity index (χ2v) is 9.45. The molecule has 0 bridgehead atoms. The molecule has 0 N–H and O–H groups in total. The molecule has 0 radical (unpaired) electrons. The molecule has 4 aromatic rings. The van der Waals surface area contributed by atoms with Gasteiger partial charge in [-0.15, -0.1) is 0 Å². The summed E-state index contributed by atoms with van der Waals surface area (Å²) in [6.07, 6.45) is 5.84. The van der Waals surface area contributed by atoms with E-state index in [-0.39, 0.29) is 11.8 Å². The average molecular weight is 470 g/mol. The molecule has 0 unspecified atom stereocenters. The fourth-order valence-corrected chi connectivity index (χ4v) is 4.34. The number of imidazole rings is 1. The Morgan fingerprint density at radius 3 is 2.40 bits per heavy atom. The minimum Gasteiger partial charge on any atom is -0.457 e. The Kier molecular flexibility index (Phi) is 6.07. The van der Waals surface area contributed by atoms with E-state index in [2.05, 4.69) is 72.4 Å². The standard InChI is InChI=1S/C28H31N5O2/c1-19(2)27-28(20(3)4)33-24(30-27)16-23(17-26(33)35-25-11-6-7-12-29-25)34-22-10-8-9-21(15-22)32-14-13-31(5)18-32/h6-17,19-20H,18H2,1-5H3. The summed E-state index contributed by atoms with van der Waals surface area (Å²) in [6.45, 7) is 9.50. The van der Waals surface area contributed by atoms with Crippen LogP contribution in [0.4, 0.5) is 5.69 Å². The highest BCUT2D eigenvalue weighted by atomic mass is 16.5. The van der Waals surface area contributed by atoms with Gasteiger partial charge in [-0.3, -0.25) is 4.40 Å². The number of aromatic nitrogens is 3. The fraction of sp³-hybridized carbons (Fsp3) is 0.286. The van der Waals surface area contributed by atoms with E-state index in [1.807, 2.05) is 48.5 Å². The molecule has 180 valence electrons. The lowest BCUT2D eigenvalue weighted by atomic mass is 10.0. The van der Waals surface area contributed by atoms with Crippen LogP contribution in [0.1, 0.15) is 50.9 Å². The quantitative estimate of drug-likeness (QED) is 0.299. The minimum atomic E-state index is 0.267. The summed E-state index contributed by atoms with van der Waals surface area (Å²) in [5, 5.41) is 0. The lowest BCUT2D eigenvalue weighted by molar-refractivity contribution is 0.425. The lowest BCUT2D eigenvalue weighted by Gasteiger charge is -2.19. The molecule has 0 amide bonds. The maximum atomic E-state index is 6.34. The Hall–Kier alpha value is -4.00. The largest absolute Gasteiger partial charge is 0.457 e. The van der Waals surface area contributed by atoms with Crippen molar-refractivity contribution in [3.8, 4) is 23.3 Å². The molecule has 1 aliphatic heterocycles. The van der Waals surface area contributed by atoms with E-state index in [9.17, 15) is 0 Å². The van der Waals surface area contributed by atoms with Gasteiger partial charge in [-0.25, -0.2) is 9.97 Å². The van der Waals surface area contributed by atoms with Crippen molar-refractivity contribution < 1.29 is 9.47 Å². The van der Waals surface area contributed by atoms with E-state index in [1.165, 1.54) is 0 Å². The number of hydrogen-bond acceptors (Lipinski definition) is 6. The second-order valence-electron chi connectivity index (χ2n) is 9.45. The molecular weight excluding hydrogens is 438 g/mol. The highest BCUT2D eigenvalue weighted by Crippen LogP contribution is 2.36. The van der Waals surface area contributed by atoms with E-state index in [0.717, 1.165) is 35.1 Å². The van der Waals surface area contributed by atoms with Crippen LogP contribution in [0, 0.1) is 0 Å². The molecule has 7 heteroatoms. The van der Waals surface area contributed by atoms with Gasteiger partial charge in [0.2, 0.25) is 11.8 Å². The van der Waals surface area contributed by atoms with Gasteiger partial charge in [-0.1, -0.05) is 39.8 Å². The van der Waals surface area contributed by atoms with Crippen LogP contribution in [0.15, 0.2) is 73.2 Å². The number of anilines is 1. The Morgan fingerprint density at radius 1 is 0.857 bits per heavy atom. The van der Waals surface area contributed by atoms with Crippen molar-refractivity contribution in [2.75, 3.05) is 18.6 Å². The van der Waals surface area contributed by atoms with Crippen LogP contribution in [0.5, 0.6) is 23.3 Å². The van der Waals surface area contributed by atoms with Crippen LogP contribution in [0.2, 0.25) is 0 Å². The van der Waals surface area contributed by atoms with Crippen molar-refractivity contribution in [1.82, 2.24) is 19.3 Å². The number of fused-ring (bicyclic) bond motifs is 1. The summed E-state index contributed by atoms with van der Waals surface area (Å²) in [5.41, 5.74) is 4.06. The fourth-order valence-electron chi connectivity index (χ4n) is 4.34. The van der Waals surface area contributed by atoms with Crippen molar-refractivity contribution in [2.24, 2.45) is 0 Å². The normalized spacial score (nSPS) is 13.5. The highest BCUT2D eigenvalue weighted by molar-refractivity contribution is 5.57. The Bertz CT molecular complexity index is 1360. The number of rotatable bonds is 7. The van der Waals surface area contributed by atoms with Crippen LogP contribution in [0.3, 0.4) is 0 Å². The Balaban J connectivity index is 1.57. The SMILES string of the molecule is CC(C)c1nc2cc(Oc3cccc(N4C=CN(C)C4)c3)cc(Oc3ccccn3)n2c1C(C)C. The minimum absolute atomic E-state index is 0.267. The number of pyridine rings is 2.